The van der Waals surface area contributed by atoms with Gasteiger partial charge in [-0.3, -0.25) is 14.7 Å². The van der Waals surface area contributed by atoms with Crippen molar-refractivity contribution in [2.75, 3.05) is 4.72 Å². The van der Waals surface area contributed by atoms with Gasteiger partial charge in [0.15, 0.2) is 0 Å². The number of nitrogens with one attached hydrogen (secondary N) is 2. The molecule has 0 radical (unpaired) electrons. The van der Waals surface area contributed by atoms with E-state index in [0.29, 0.717) is 0 Å². The van der Waals surface area contributed by atoms with Crippen molar-refractivity contribution in [2.24, 2.45) is 0 Å². The van der Waals surface area contributed by atoms with E-state index in [1.807, 2.05) is 6.92 Å². The average Bonchev–Trinajstić information content (AvgIpc) is 2.47. The number of nitrogens with zero attached hydrogens (tertiary/aromatic N) is 1. The highest BCUT2D eigenvalue weighted by Crippen LogP contribution is 2.15. The summed E-state index contributed by atoms with van der Waals surface area (Å²) in [4.78, 5) is 15.1. The van der Waals surface area contributed by atoms with E-state index in [2.05, 4.69) is 9.71 Å². The molecule has 1 aromatic heterocycles. The van der Waals surface area contributed by atoms with Crippen molar-refractivity contribution >= 4 is 21.7 Å². The maximum absolute atomic E-state index is 12.1. The second kappa shape index (κ2) is 5.90. The summed E-state index contributed by atoms with van der Waals surface area (Å²) < 4.78 is 26.5. The Balaban J connectivity index is 2.20. The van der Waals surface area contributed by atoms with Crippen molar-refractivity contribution in [1.82, 2.24) is 10.5 Å². The van der Waals surface area contributed by atoms with Gasteiger partial charge in [0.25, 0.3) is 15.9 Å². The van der Waals surface area contributed by atoms with E-state index < -0.39 is 15.9 Å². The molecule has 0 unspecified atom stereocenters. The number of aromatic nitrogens is 1. The fourth-order valence-corrected chi connectivity index (χ4v) is 2.58. The predicted octanol–water partition coefficient (Wildman–Crippen LogP) is 1.31. The maximum Gasteiger partial charge on any atom is 0.276 e. The Bertz CT molecular complexity index is 740. The summed E-state index contributed by atoms with van der Waals surface area (Å²) in [6.45, 7) is 1.86. The van der Waals surface area contributed by atoms with Crippen molar-refractivity contribution < 1.29 is 18.4 Å². The molecule has 21 heavy (non-hydrogen) atoms. The van der Waals surface area contributed by atoms with E-state index >= 15 is 0 Å². The molecule has 0 spiro atoms. The van der Waals surface area contributed by atoms with Gasteiger partial charge in [-0.15, -0.1) is 0 Å². The lowest BCUT2D eigenvalue weighted by Gasteiger charge is -2.08. The number of rotatable bonds is 4. The number of pyridine rings is 1. The molecule has 0 saturated heterocycles. The largest absolute Gasteiger partial charge is 0.288 e. The third-order valence-corrected chi connectivity index (χ3v) is 4.07. The zero-order chi connectivity index (χ0) is 15.5. The van der Waals surface area contributed by atoms with E-state index in [0.717, 1.165) is 11.8 Å². The van der Waals surface area contributed by atoms with Crippen molar-refractivity contribution in [2.45, 2.75) is 11.8 Å². The Labute approximate surface area is 121 Å². The lowest BCUT2D eigenvalue weighted by Crippen LogP contribution is -2.19. The van der Waals surface area contributed by atoms with Crippen LogP contribution in [-0.4, -0.2) is 24.5 Å². The van der Waals surface area contributed by atoms with Crippen LogP contribution in [0.4, 0.5) is 5.82 Å². The van der Waals surface area contributed by atoms with Gasteiger partial charge < -0.3 is 0 Å². The smallest absolute Gasteiger partial charge is 0.276 e. The highest BCUT2D eigenvalue weighted by atomic mass is 32.2. The van der Waals surface area contributed by atoms with Crippen LogP contribution in [0.3, 0.4) is 0 Å². The predicted molar refractivity (Wildman–Crippen MR) is 75.5 cm³/mol. The molecule has 1 aromatic carbocycles. The van der Waals surface area contributed by atoms with E-state index in [4.69, 9.17) is 5.21 Å². The van der Waals surface area contributed by atoms with Gasteiger partial charge in [-0.1, -0.05) is 17.7 Å². The van der Waals surface area contributed by atoms with Gasteiger partial charge in [0.2, 0.25) is 0 Å². The molecule has 3 N–H and O–H groups in total. The van der Waals surface area contributed by atoms with E-state index in [1.165, 1.54) is 29.7 Å². The minimum atomic E-state index is -3.73. The number of amides is 1. The fourth-order valence-electron chi connectivity index (χ4n) is 1.57. The molecule has 1 heterocycles. The Kier molecular flexibility index (Phi) is 4.20. The van der Waals surface area contributed by atoms with Crippen LogP contribution in [0.5, 0.6) is 0 Å². The summed E-state index contributed by atoms with van der Waals surface area (Å²) in [6.07, 6.45) is 1.15. The number of sulfonamides is 1. The summed E-state index contributed by atoms with van der Waals surface area (Å²) in [5.41, 5.74) is 2.52. The van der Waals surface area contributed by atoms with Gasteiger partial charge >= 0.3 is 0 Å². The number of carbonyl (C=O) groups excluding carboxylic acids is 1. The van der Waals surface area contributed by atoms with Gasteiger partial charge in [0.1, 0.15) is 5.82 Å². The zero-order valence-electron chi connectivity index (χ0n) is 11.1. The first-order chi connectivity index (χ1) is 9.92. The van der Waals surface area contributed by atoms with Gasteiger partial charge in [0.05, 0.1) is 10.5 Å². The molecule has 2 rings (SSSR count). The van der Waals surface area contributed by atoms with Crippen LogP contribution in [-0.2, 0) is 10.0 Å². The SMILES string of the molecule is Cc1ccc(S(=O)(=O)Nc2ccc(C(=O)NO)cn2)cc1. The first kappa shape index (κ1) is 14.9. The summed E-state index contributed by atoms with van der Waals surface area (Å²) in [7, 11) is -3.73. The third kappa shape index (κ3) is 3.56. The quantitative estimate of drug-likeness (QED) is 0.583. The standard InChI is InChI=1S/C13H13N3O4S/c1-9-2-5-11(6-3-9)21(19,20)16-12-7-4-10(8-14-12)13(17)15-18/h2-8,18H,1H3,(H,14,16)(H,15,17). The topological polar surface area (TPSA) is 108 Å². The second-order valence-corrected chi connectivity index (χ2v) is 5.97. The molecular formula is C13H13N3O4S. The minimum Gasteiger partial charge on any atom is -0.288 e. The number of anilines is 1. The Morgan fingerprint density at radius 1 is 1.14 bits per heavy atom. The average molecular weight is 307 g/mol. The molecule has 0 aliphatic rings. The second-order valence-electron chi connectivity index (χ2n) is 4.29. The monoisotopic (exact) mass is 307 g/mol. The molecule has 0 aliphatic heterocycles. The van der Waals surface area contributed by atoms with Gasteiger partial charge in [-0.2, -0.15) is 0 Å². The lowest BCUT2D eigenvalue weighted by atomic mass is 10.2. The van der Waals surface area contributed by atoms with Crippen molar-refractivity contribution in [3.05, 3.63) is 53.7 Å². The number of benzene rings is 1. The highest BCUT2D eigenvalue weighted by Gasteiger charge is 2.14. The number of hydrogen-bond donors (Lipinski definition) is 3. The molecule has 110 valence electrons. The maximum atomic E-state index is 12.1. The number of aryl methyl sites for hydroxylation is 1. The normalized spacial score (nSPS) is 11.0. The third-order valence-electron chi connectivity index (χ3n) is 2.70. The summed E-state index contributed by atoms with van der Waals surface area (Å²) in [5, 5.41) is 8.48. The van der Waals surface area contributed by atoms with Crippen LogP contribution in [0.15, 0.2) is 47.5 Å². The molecular weight excluding hydrogens is 294 g/mol. The van der Waals surface area contributed by atoms with Crippen LogP contribution in [0.1, 0.15) is 15.9 Å². The molecule has 0 fully saturated rings. The van der Waals surface area contributed by atoms with Crippen molar-refractivity contribution in [1.29, 1.82) is 0 Å². The fraction of sp³-hybridized carbons (Fsp3) is 0.0769. The molecule has 2 aromatic rings. The van der Waals surface area contributed by atoms with Crippen molar-refractivity contribution in [3.8, 4) is 0 Å². The first-order valence-corrected chi connectivity index (χ1v) is 7.41. The molecule has 1 amide bonds. The first-order valence-electron chi connectivity index (χ1n) is 5.92. The molecule has 7 nitrogen and oxygen atoms in total. The van der Waals surface area contributed by atoms with Crippen LogP contribution in [0, 0.1) is 6.92 Å². The molecule has 0 atom stereocenters. The van der Waals surface area contributed by atoms with Gasteiger partial charge in [0, 0.05) is 6.20 Å². The molecule has 0 saturated carbocycles. The van der Waals surface area contributed by atoms with E-state index in [-0.39, 0.29) is 16.3 Å². The van der Waals surface area contributed by atoms with Crippen molar-refractivity contribution in [3.63, 3.8) is 0 Å². The number of carbonyl (C=O) groups is 1. The van der Waals surface area contributed by atoms with Gasteiger partial charge in [-0.05, 0) is 31.2 Å². The Morgan fingerprint density at radius 2 is 1.81 bits per heavy atom. The van der Waals surface area contributed by atoms with Gasteiger partial charge in [-0.25, -0.2) is 18.9 Å². The Morgan fingerprint density at radius 3 is 2.33 bits per heavy atom. The summed E-state index contributed by atoms with van der Waals surface area (Å²) >= 11 is 0. The van der Waals surface area contributed by atoms with Crippen LogP contribution in [0.2, 0.25) is 0 Å². The van der Waals surface area contributed by atoms with Crippen LogP contribution >= 0.6 is 0 Å². The highest BCUT2D eigenvalue weighted by molar-refractivity contribution is 7.92. The number of hydroxylamine groups is 1. The van der Waals surface area contributed by atoms with Crippen LogP contribution in [0.25, 0.3) is 0 Å². The lowest BCUT2D eigenvalue weighted by molar-refractivity contribution is 0.0706. The summed E-state index contributed by atoms with van der Waals surface area (Å²) in [5.74, 6) is -0.652. The molecule has 8 heteroatoms. The molecule has 0 bridgehead atoms. The minimum absolute atomic E-state index is 0.0741. The number of hydrogen-bond acceptors (Lipinski definition) is 5. The Hall–Kier alpha value is -2.45. The van der Waals surface area contributed by atoms with E-state index in [1.54, 1.807) is 12.1 Å². The molecule has 0 aliphatic carbocycles. The van der Waals surface area contributed by atoms with E-state index in [9.17, 15) is 13.2 Å². The zero-order valence-corrected chi connectivity index (χ0v) is 11.9. The van der Waals surface area contributed by atoms with Crippen LogP contribution < -0.4 is 10.2 Å². The summed E-state index contributed by atoms with van der Waals surface area (Å²) in [6, 6.07) is 9.03.